The molecule has 44 heavy (non-hydrogen) atoms. The van der Waals surface area contributed by atoms with E-state index in [2.05, 4.69) is 5.32 Å². The second-order valence-electron chi connectivity index (χ2n) is 11.6. The fourth-order valence-electron chi connectivity index (χ4n) is 5.19. The second-order valence-corrected chi connectivity index (χ2v) is 13.1. The summed E-state index contributed by atoms with van der Waals surface area (Å²) in [5.41, 5.74) is 1.73. The Morgan fingerprint density at radius 3 is 2.50 bits per heavy atom. The van der Waals surface area contributed by atoms with Crippen LogP contribution in [0, 0.1) is 11.3 Å². The Hall–Kier alpha value is -4.86. The molecule has 1 aliphatic heterocycles. The fraction of sp³-hybridized carbons (Fsp3) is 0.281. The van der Waals surface area contributed by atoms with Crippen molar-refractivity contribution in [3.05, 3.63) is 76.9 Å². The van der Waals surface area contributed by atoms with Crippen LogP contribution in [0.4, 0.5) is 4.79 Å². The van der Waals surface area contributed by atoms with Crippen molar-refractivity contribution in [2.75, 3.05) is 21.2 Å². The summed E-state index contributed by atoms with van der Waals surface area (Å²) >= 11 is 0. The van der Waals surface area contributed by atoms with Crippen LogP contribution >= 0.6 is 0 Å². The van der Waals surface area contributed by atoms with Crippen molar-refractivity contribution in [3.63, 3.8) is 0 Å². The molecule has 1 amide bonds. The second kappa shape index (κ2) is 11.3. The molecule has 0 spiro atoms. The maximum Gasteiger partial charge on any atom is 0.419 e. The molecule has 3 aromatic carbocycles. The van der Waals surface area contributed by atoms with Crippen LogP contribution in [0.1, 0.15) is 47.8 Å². The van der Waals surface area contributed by atoms with Gasteiger partial charge in [-0.25, -0.2) is 9.36 Å². The molecule has 11 nitrogen and oxygen atoms in total. The normalized spacial score (nSPS) is 13.0. The molecule has 12 heteroatoms. The van der Waals surface area contributed by atoms with Gasteiger partial charge in [0.25, 0.3) is 5.91 Å². The van der Waals surface area contributed by atoms with Crippen LogP contribution in [0.25, 0.3) is 22.2 Å². The van der Waals surface area contributed by atoms with Crippen molar-refractivity contribution >= 4 is 33.0 Å². The number of nitrogens with one attached hydrogen (secondary N) is 1. The number of carbonyl (C=O) groups is 2. The maximum atomic E-state index is 13.7. The lowest BCUT2D eigenvalue weighted by Crippen LogP contribution is -2.27. The number of amides is 1. The number of benzene rings is 3. The molecule has 4 aromatic rings. The molecule has 0 unspecified atom stereocenters. The first kappa shape index (κ1) is 30.6. The van der Waals surface area contributed by atoms with E-state index < -0.39 is 27.7 Å². The number of carbonyl (C=O) groups excluding carboxylic acids is 2. The number of nitrogens with zero attached hydrogens (tertiary/aromatic N) is 3. The van der Waals surface area contributed by atoms with Crippen molar-refractivity contribution < 1.29 is 31.7 Å². The molecule has 2 heterocycles. The van der Waals surface area contributed by atoms with Crippen LogP contribution in [0.3, 0.4) is 0 Å². The largest absolute Gasteiger partial charge is 0.493 e. The molecule has 0 saturated heterocycles. The predicted molar refractivity (Wildman–Crippen MR) is 163 cm³/mol. The Kier molecular flexibility index (Phi) is 7.88. The van der Waals surface area contributed by atoms with Gasteiger partial charge in [-0.15, -0.1) is 0 Å². The van der Waals surface area contributed by atoms with E-state index in [9.17, 15) is 23.3 Å². The minimum absolute atomic E-state index is 0.0163. The third-order valence-electron chi connectivity index (χ3n) is 6.90. The third-order valence-corrected chi connectivity index (χ3v) is 8.18. The number of fused-ring (bicyclic) bond motifs is 2. The molecule has 1 aromatic heterocycles. The summed E-state index contributed by atoms with van der Waals surface area (Å²) < 4.78 is 45.1. The molecule has 0 aliphatic carbocycles. The molecule has 228 valence electrons. The zero-order valence-electron chi connectivity index (χ0n) is 25.2. The van der Waals surface area contributed by atoms with Crippen LogP contribution in [0.5, 0.6) is 11.5 Å². The van der Waals surface area contributed by atoms with Crippen LogP contribution in [0.15, 0.2) is 59.5 Å². The standard InChI is InChI=1S/C32H32N4O7S/c1-32(2,3)42-31(38)36-24-12-11-19(18-35(4)5)13-21(24)14-25(36)22-15-26(41-6)29(23-17-34-30(37)28(22)23)43-44(39,40)27-10-8-7-9-20(27)16-33/h7-15H,17-18H2,1-6H3,(H,34,37). The van der Waals surface area contributed by atoms with Crippen molar-refractivity contribution in [3.8, 4) is 28.8 Å². The maximum absolute atomic E-state index is 13.7. The first-order valence-corrected chi connectivity index (χ1v) is 15.1. The van der Waals surface area contributed by atoms with E-state index in [1.54, 1.807) is 32.9 Å². The van der Waals surface area contributed by atoms with E-state index in [4.69, 9.17) is 13.7 Å². The van der Waals surface area contributed by atoms with Crippen LogP contribution in [0.2, 0.25) is 0 Å². The summed E-state index contributed by atoms with van der Waals surface area (Å²) in [6.45, 7) is 5.90. The molecule has 0 bridgehead atoms. The number of methoxy groups -OCH3 is 1. The predicted octanol–water partition coefficient (Wildman–Crippen LogP) is 5.04. The first-order valence-electron chi connectivity index (χ1n) is 13.7. The smallest absolute Gasteiger partial charge is 0.419 e. The van der Waals surface area contributed by atoms with Gasteiger partial charge in [-0.1, -0.05) is 18.2 Å². The van der Waals surface area contributed by atoms with Crippen molar-refractivity contribution in [2.24, 2.45) is 0 Å². The van der Waals surface area contributed by atoms with E-state index in [-0.39, 0.29) is 39.6 Å². The zero-order valence-corrected chi connectivity index (χ0v) is 26.0. The van der Waals surface area contributed by atoms with Gasteiger partial charge in [0.15, 0.2) is 11.5 Å². The number of ether oxygens (including phenoxy) is 2. The lowest BCUT2D eigenvalue weighted by Gasteiger charge is -2.22. The van der Waals surface area contributed by atoms with Gasteiger partial charge in [-0.2, -0.15) is 13.7 Å². The van der Waals surface area contributed by atoms with E-state index >= 15 is 0 Å². The Balaban J connectivity index is 1.74. The Bertz CT molecular complexity index is 1960. The summed E-state index contributed by atoms with van der Waals surface area (Å²) in [6, 6.07) is 16.5. The molecule has 0 atom stereocenters. The monoisotopic (exact) mass is 616 g/mol. The van der Waals surface area contributed by atoms with Crippen LogP contribution in [-0.4, -0.2) is 56.7 Å². The number of rotatable bonds is 7. The highest BCUT2D eigenvalue weighted by Crippen LogP contribution is 2.45. The highest BCUT2D eigenvalue weighted by Gasteiger charge is 2.35. The van der Waals surface area contributed by atoms with Crippen molar-refractivity contribution in [1.29, 1.82) is 5.26 Å². The Morgan fingerprint density at radius 1 is 1.11 bits per heavy atom. The number of hydrogen-bond donors (Lipinski definition) is 1. The molecular formula is C32H32N4O7S. The Labute approximate surface area is 255 Å². The van der Waals surface area contributed by atoms with Crippen LogP contribution < -0.4 is 14.2 Å². The van der Waals surface area contributed by atoms with Gasteiger partial charge in [0.2, 0.25) is 0 Å². The minimum atomic E-state index is -4.51. The molecule has 0 fully saturated rings. The van der Waals surface area contributed by atoms with Gasteiger partial charge in [0, 0.05) is 29.6 Å². The van der Waals surface area contributed by atoms with Gasteiger partial charge in [-0.05, 0) is 76.8 Å². The topological polar surface area (TPSA) is 140 Å². The molecule has 0 radical (unpaired) electrons. The average Bonchev–Trinajstić information content (AvgIpc) is 3.52. The lowest BCUT2D eigenvalue weighted by atomic mass is 9.98. The third kappa shape index (κ3) is 5.71. The first-order chi connectivity index (χ1) is 20.7. The van der Waals surface area contributed by atoms with E-state index in [0.717, 1.165) is 10.9 Å². The molecule has 0 saturated carbocycles. The number of hydrogen-bond acceptors (Lipinski definition) is 9. The lowest BCUT2D eigenvalue weighted by molar-refractivity contribution is 0.0546. The van der Waals surface area contributed by atoms with E-state index in [1.165, 1.54) is 35.9 Å². The quantitative estimate of drug-likeness (QED) is 0.283. The number of nitriles is 1. The van der Waals surface area contributed by atoms with Gasteiger partial charge in [-0.3, -0.25) is 4.79 Å². The van der Waals surface area contributed by atoms with Crippen LogP contribution in [-0.2, 0) is 27.9 Å². The zero-order chi connectivity index (χ0) is 32.0. The van der Waals surface area contributed by atoms with E-state index in [1.807, 2.05) is 43.3 Å². The minimum Gasteiger partial charge on any atom is -0.493 e. The van der Waals surface area contributed by atoms with E-state index in [0.29, 0.717) is 23.3 Å². The number of aromatic nitrogens is 1. The van der Waals surface area contributed by atoms with Gasteiger partial charge in [0.05, 0.1) is 29.4 Å². The van der Waals surface area contributed by atoms with Gasteiger partial charge >= 0.3 is 16.2 Å². The molecule has 1 aliphatic rings. The highest BCUT2D eigenvalue weighted by molar-refractivity contribution is 7.87. The summed E-state index contributed by atoms with van der Waals surface area (Å²) in [6.07, 6.45) is -0.648. The fourth-order valence-corrected chi connectivity index (χ4v) is 6.31. The molecular weight excluding hydrogens is 584 g/mol. The summed E-state index contributed by atoms with van der Waals surface area (Å²) in [7, 11) is 0.749. The van der Waals surface area contributed by atoms with Crippen molar-refractivity contribution in [1.82, 2.24) is 14.8 Å². The van der Waals surface area contributed by atoms with Gasteiger partial charge < -0.3 is 23.9 Å². The Morgan fingerprint density at radius 2 is 1.84 bits per heavy atom. The summed E-state index contributed by atoms with van der Waals surface area (Å²) in [4.78, 5) is 28.7. The average molecular weight is 617 g/mol. The SMILES string of the molecule is COc1cc(-c2cc3cc(CN(C)C)ccc3n2C(=O)OC(C)(C)C)c2c(c1OS(=O)(=O)c1ccccc1C#N)CNC2=O. The molecule has 1 N–H and O–H groups in total. The summed E-state index contributed by atoms with van der Waals surface area (Å²) in [5.74, 6) is -0.653. The highest BCUT2D eigenvalue weighted by atomic mass is 32.2. The van der Waals surface area contributed by atoms with Crippen molar-refractivity contribution in [2.45, 2.75) is 44.4 Å². The molecule has 5 rings (SSSR count). The van der Waals surface area contributed by atoms with Gasteiger partial charge in [0.1, 0.15) is 16.6 Å². The summed E-state index contributed by atoms with van der Waals surface area (Å²) in [5, 5.41) is 12.9.